The zero-order chi connectivity index (χ0) is 19.2. The highest BCUT2D eigenvalue weighted by Gasteiger charge is 2.32. The van der Waals surface area contributed by atoms with E-state index in [1.54, 1.807) is 23.1 Å². The van der Waals surface area contributed by atoms with Crippen LogP contribution in [0.2, 0.25) is 0 Å². The summed E-state index contributed by atoms with van der Waals surface area (Å²) >= 11 is 0. The molecule has 2 aliphatic heterocycles. The maximum atomic E-state index is 12.7. The normalized spacial score (nSPS) is 19.5. The van der Waals surface area contributed by atoms with E-state index in [1.165, 1.54) is 0 Å². The first-order chi connectivity index (χ1) is 13.1. The van der Waals surface area contributed by atoms with Crippen LogP contribution in [0.4, 0.5) is 4.79 Å². The van der Waals surface area contributed by atoms with E-state index in [1.807, 2.05) is 17.9 Å². The second kappa shape index (κ2) is 8.76. The predicted octanol–water partition coefficient (Wildman–Crippen LogP) is 2.79. The van der Waals surface area contributed by atoms with Gasteiger partial charge in [0.2, 0.25) is 0 Å². The van der Waals surface area contributed by atoms with Gasteiger partial charge in [-0.15, -0.1) is 0 Å². The van der Waals surface area contributed by atoms with E-state index in [9.17, 15) is 9.59 Å². The fourth-order valence-corrected chi connectivity index (χ4v) is 3.57. The Morgan fingerprint density at radius 1 is 1.15 bits per heavy atom. The fourth-order valence-electron chi connectivity index (χ4n) is 3.57. The van der Waals surface area contributed by atoms with Crippen LogP contribution in [0.5, 0.6) is 11.5 Å². The van der Waals surface area contributed by atoms with E-state index in [0.29, 0.717) is 43.2 Å². The van der Waals surface area contributed by atoms with Gasteiger partial charge >= 0.3 is 12.0 Å². The van der Waals surface area contributed by atoms with Gasteiger partial charge in [-0.2, -0.15) is 5.26 Å². The van der Waals surface area contributed by atoms with Gasteiger partial charge in [0.15, 0.2) is 11.5 Å². The van der Waals surface area contributed by atoms with E-state index in [2.05, 4.69) is 0 Å². The Balaban J connectivity index is 1.65. The third kappa shape index (κ3) is 4.51. The minimum Gasteiger partial charge on any atom is -0.490 e. The van der Waals surface area contributed by atoms with Gasteiger partial charge in [0.05, 0.1) is 24.2 Å². The van der Waals surface area contributed by atoms with Crippen molar-refractivity contribution in [2.75, 3.05) is 32.8 Å². The molecule has 2 heterocycles. The van der Waals surface area contributed by atoms with Crippen molar-refractivity contribution in [2.45, 2.75) is 32.6 Å². The number of carbonyl (C=O) groups is 2. The number of ether oxygens (including phenoxy) is 2. The Morgan fingerprint density at radius 3 is 2.59 bits per heavy atom. The van der Waals surface area contributed by atoms with Crippen molar-refractivity contribution in [1.82, 2.24) is 9.80 Å². The standard InChI is InChI=1S/C20H25N3O4/c1-2-26-18-12-15(13-21)7-8-17(18)27-19(24)16-6-5-11-23(14-16)20(25)22-9-3-4-10-22/h7-8,12,16H,2-6,9-11,14H2,1H3/t16-/m1/s1. The lowest BCUT2D eigenvalue weighted by Gasteiger charge is -2.34. The number of benzene rings is 1. The summed E-state index contributed by atoms with van der Waals surface area (Å²) in [5, 5.41) is 9.02. The number of hydrogen-bond donors (Lipinski definition) is 0. The van der Waals surface area contributed by atoms with Gasteiger partial charge in [-0.05, 0) is 44.7 Å². The van der Waals surface area contributed by atoms with Gasteiger partial charge in [0.1, 0.15) is 0 Å². The number of hydrogen-bond acceptors (Lipinski definition) is 5. The van der Waals surface area contributed by atoms with E-state index in [-0.39, 0.29) is 17.9 Å². The van der Waals surface area contributed by atoms with Gasteiger partial charge in [-0.25, -0.2) is 4.79 Å². The Bertz CT molecular complexity index is 737. The molecule has 0 radical (unpaired) electrons. The Hall–Kier alpha value is -2.75. The Morgan fingerprint density at radius 2 is 1.89 bits per heavy atom. The molecular weight excluding hydrogens is 346 g/mol. The molecule has 7 nitrogen and oxygen atoms in total. The van der Waals surface area contributed by atoms with Crippen molar-refractivity contribution >= 4 is 12.0 Å². The second-order valence-corrected chi connectivity index (χ2v) is 6.89. The molecule has 0 aromatic heterocycles. The smallest absolute Gasteiger partial charge is 0.320 e. The number of nitrogens with zero attached hydrogens (tertiary/aromatic N) is 3. The molecule has 0 bridgehead atoms. The SMILES string of the molecule is CCOc1cc(C#N)ccc1OC(=O)[C@@H]1CCCN(C(=O)N2CCCC2)C1. The lowest BCUT2D eigenvalue weighted by atomic mass is 9.98. The molecule has 2 amide bonds. The van der Waals surface area contributed by atoms with Gasteiger partial charge in [-0.3, -0.25) is 4.79 Å². The molecule has 0 unspecified atom stereocenters. The van der Waals surface area contributed by atoms with Crippen LogP contribution in [0.25, 0.3) is 0 Å². The van der Waals surface area contributed by atoms with E-state index < -0.39 is 0 Å². The summed E-state index contributed by atoms with van der Waals surface area (Å²) in [5.41, 5.74) is 0.443. The van der Waals surface area contributed by atoms with E-state index >= 15 is 0 Å². The molecule has 27 heavy (non-hydrogen) atoms. The molecule has 3 rings (SSSR count). The number of nitriles is 1. The molecular formula is C20H25N3O4. The first-order valence-electron chi connectivity index (χ1n) is 9.55. The van der Waals surface area contributed by atoms with Crippen LogP contribution in [-0.2, 0) is 4.79 Å². The molecule has 0 saturated carbocycles. The van der Waals surface area contributed by atoms with Crippen LogP contribution in [0, 0.1) is 17.2 Å². The summed E-state index contributed by atoms with van der Waals surface area (Å²) in [6, 6.07) is 6.81. The zero-order valence-electron chi connectivity index (χ0n) is 15.6. The predicted molar refractivity (Wildman–Crippen MR) is 98.5 cm³/mol. The lowest BCUT2D eigenvalue weighted by Crippen LogP contribution is -2.48. The molecule has 2 aliphatic rings. The largest absolute Gasteiger partial charge is 0.490 e. The summed E-state index contributed by atoms with van der Waals surface area (Å²) in [5.74, 6) is -0.0236. The average Bonchev–Trinajstić information content (AvgIpc) is 3.23. The summed E-state index contributed by atoms with van der Waals surface area (Å²) in [6.07, 6.45) is 3.57. The number of urea groups is 1. The monoisotopic (exact) mass is 371 g/mol. The first kappa shape index (κ1) is 19.0. The Labute approximate surface area is 159 Å². The van der Waals surface area contributed by atoms with E-state index in [4.69, 9.17) is 14.7 Å². The minimum absolute atomic E-state index is 0.0263. The highest BCUT2D eigenvalue weighted by molar-refractivity contribution is 5.79. The number of piperidine rings is 1. The van der Waals surface area contributed by atoms with Crippen molar-refractivity contribution in [3.63, 3.8) is 0 Å². The quantitative estimate of drug-likeness (QED) is 0.600. The molecule has 0 N–H and O–H groups in total. The molecule has 144 valence electrons. The van der Waals surface area contributed by atoms with Crippen LogP contribution in [0.3, 0.4) is 0 Å². The number of amides is 2. The van der Waals surface area contributed by atoms with Crippen LogP contribution < -0.4 is 9.47 Å². The van der Waals surface area contributed by atoms with Crippen molar-refractivity contribution < 1.29 is 19.1 Å². The third-order valence-electron chi connectivity index (χ3n) is 4.99. The summed E-state index contributed by atoms with van der Waals surface area (Å²) in [4.78, 5) is 28.9. The Kier molecular flexibility index (Phi) is 6.17. The maximum absolute atomic E-state index is 12.7. The van der Waals surface area contributed by atoms with Crippen LogP contribution in [0.15, 0.2) is 18.2 Å². The van der Waals surface area contributed by atoms with Crippen molar-refractivity contribution in [3.8, 4) is 17.6 Å². The molecule has 2 saturated heterocycles. The minimum atomic E-state index is -0.361. The zero-order valence-corrected chi connectivity index (χ0v) is 15.6. The molecule has 0 spiro atoms. The summed E-state index contributed by atoms with van der Waals surface area (Å²) < 4.78 is 11.1. The van der Waals surface area contributed by atoms with Crippen molar-refractivity contribution in [2.24, 2.45) is 5.92 Å². The highest BCUT2D eigenvalue weighted by atomic mass is 16.6. The van der Waals surface area contributed by atoms with Crippen LogP contribution in [0.1, 0.15) is 38.2 Å². The number of carbonyl (C=O) groups excluding carboxylic acids is 2. The number of likely N-dealkylation sites (tertiary alicyclic amines) is 2. The van der Waals surface area contributed by atoms with Gasteiger partial charge < -0.3 is 19.3 Å². The molecule has 2 fully saturated rings. The van der Waals surface area contributed by atoms with Crippen molar-refractivity contribution in [3.05, 3.63) is 23.8 Å². The summed E-state index contributed by atoms with van der Waals surface area (Å²) in [7, 11) is 0. The van der Waals surface area contributed by atoms with Crippen LogP contribution >= 0.6 is 0 Å². The van der Waals surface area contributed by atoms with E-state index in [0.717, 1.165) is 32.4 Å². The summed E-state index contributed by atoms with van der Waals surface area (Å²) in [6.45, 7) is 4.89. The third-order valence-corrected chi connectivity index (χ3v) is 4.99. The average molecular weight is 371 g/mol. The second-order valence-electron chi connectivity index (χ2n) is 6.89. The van der Waals surface area contributed by atoms with Gasteiger partial charge in [0.25, 0.3) is 0 Å². The highest BCUT2D eigenvalue weighted by Crippen LogP contribution is 2.30. The molecule has 7 heteroatoms. The molecule has 1 aromatic rings. The van der Waals surface area contributed by atoms with Crippen LogP contribution in [-0.4, -0.2) is 54.6 Å². The number of rotatable bonds is 4. The number of esters is 1. The van der Waals surface area contributed by atoms with Gasteiger partial charge in [-0.1, -0.05) is 0 Å². The van der Waals surface area contributed by atoms with Crippen molar-refractivity contribution in [1.29, 1.82) is 5.26 Å². The molecule has 1 atom stereocenters. The van der Waals surface area contributed by atoms with Gasteiger partial charge in [0, 0.05) is 32.2 Å². The molecule has 1 aromatic carbocycles. The molecule has 0 aliphatic carbocycles. The maximum Gasteiger partial charge on any atom is 0.320 e. The lowest BCUT2D eigenvalue weighted by molar-refractivity contribution is -0.140. The fraction of sp³-hybridized carbons (Fsp3) is 0.550. The first-order valence-corrected chi connectivity index (χ1v) is 9.55. The topological polar surface area (TPSA) is 82.9 Å².